The smallest absolute Gasteiger partial charge is 0.278 e. The van der Waals surface area contributed by atoms with Crippen molar-refractivity contribution < 1.29 is 4.79 Å². The van der Waals surface area contributed by atoms with Gasteiger partial charge in [-0.2, -0.15) is 0 Å². The summed E-state index contributed by atoms with van der Waals surface area (Å²) in [5, 5.41) is 3.50. The van der Waals surface area contributed by atoms with E-state index >= 15 is 0 Å². The lowest BCUT2D eigenvalue weighted by atomic mass is 9.91. The molecule has 5 rings (SSSR count). The minimum atomic E-state index is 0.318. The lowest BCUT2D eigenvalue weighted by molar-refractivity contribution is -0.134. The van der Waals surface area contributed by atoms with Crippen molar-refractivity contribution in [3.8, 4) is 11.1 Å². The predicted octanol–water partition coefficient (Wildman–Crippen LogP) is 3.03. The van der Waals surface area contributed by atoms with Crippen LogP contribution in [0.4, 0.5) is 11.4 Å². The van der Waals surface area contributed by atoms with E-state index in [-0.39, 0.29) is 0 Å². The molecule has 6 nitrogen and oxygen atoms in total. The van der Waals surface area contributed by atoms with E-state index in [1.165, 1.54) is 41.8 Å². The highest BCUT2D eigenvalue weighted by atomic mass is 16.2. The van der Waals surface area contributed by atoms with Gasteiger partial charge in [-0.05, 0) is 60.4 Å². The summed E-state index contributed by atoms with van der Waals surface area (Å²) in [6.07, 6.45) is 4.06. The van der Waals surface area contributed by atoms with Crippen LogP contribution in [0.25, 0.3) is 11.1 Å². The number of quaternary nitrogens is 1. The van der Waals surface area contributed by atoms with Gasteiger partial charge < -0.3 is 15.1 Å². The number of carbonyl (C=O) groups excluding carboxylic acids is 1. The Labute approximate surface area is 204 Å². The minimum Gasteiger partial charge on any atom is -0.378 e. The van der Waals surface area contributed by atoms with Gasteiger partial charge in [-0.3, -0.25) is 14.2 Å². The van der Waals surface area contributed by atoms with Crippen molar-refractivity contribution >= 4 is 17.3 Å². The Balaban J connectivity index is 1.30. The van der Waals surface area contributed by atoms with Gasteiger partial charge in [0, 0.05) is 65.1 Å². The third kappa shape index (κ3) is 4.85. The molecule has 1 saturated carbocycles. The van der Waals surface area contributed by atoms with E-state index < -0.39 is 0 Å². The lowest BCUT2D eigenvalue weighted by Crippen LogP contribution is -2.64. The normalized spacial score (nSPS) is 21.2. The third-order valence-electron chi connectivity index (χ3n) is 8.24. The van der Waals surface area contributed by atoms with Gasteiger partial charge in [-0.1, -0.05) is 18.6 Å². The van der Waals surface area contributed by atoms with Gasteiger partial charge in [0.15, 0.2) is 6.54 Å². The Morgan fingerprint density at radius 2 is 1.68 bits per heavy atom. The molecule has 2 aromatic carbocycles. The molecule has 0 atom stereocenters. The van der Waals surface area contributed by atoms with Crippen LogP contribution in [-0.4, -0.2) is 94.7 Å². The first-order valence-electron chi connectivity index (χ1n) is 13.0. The van der Waals surface area contributed by atoms with Gasteiger partial charge in [0.05, 0.1) is 13.1 Å². The maximum Gasteiger partial charge on any atom is 0.278 e. The highest BCUT2D eigenvalue weighted by molar-refractivity contribution is 5.81. The first-order chi connectivity index (χ1) is 16.5. The van der Waals surface area contributed by atoms with Gasteiger partial charge in [-0.15, -0.1) is 0 Å². The number of hydrogen-bond donors (Lipinski definition) is 1. The highest BCUT2D eigenvalue weighted by Gasteiger charge is 2.37. The SMILES string of the molecule is CN(C)c1cccc(-c2ccc([N+]3(CC(=O)N4CCN(C5CCC5)CC4)CCNCC3)cc2)c1. The molecule has 34 heavy (non-hydrogen) atoms. The topological polar surface area (TPSA) is 38.8 Å². The number of amides is 1. The van der Waals surface area contributed by atoms with Crippen LogP contribution < -0.4 is 14.7 Å². The van der Waals surface area contributed by atoms with Crippen LogP contribution in [0.1, 0.15) is 19.3 Å². The van der Waals surface area contributed by atoms with Crippen molar-refractivity contribution in [1.82, 2.24) is 19.6 Å². The van der Waals surface area contributed by atoms with Crippen molar-refractivity contribution in [2.75, 3.05) is 77.9 Å². The highest BCUT2D eigenvalue weighted by Crippen LogP contribution is 2.30. The van der Waals surface area contributed by atoms with E-state index in [2.05, 4.69) is 82.6 Å². The lowest BCUT2D eigenvalue weighted by Gasteiger charge is -2.45. The van der Waals surface area contributed by atoms with Crippen LogP contribution in [0, 0.1) is 0 Å². The molecule has 6 heteroatoms. The van der Waals surface area contributed by atoms with E-state index in [1.54, 1.807) is 0 Å². The first kappa shape index (κ1) is 23.3. The Kier molecular flexibility index (Phi) is 6.91. The number of nitrogens with zero attached hydrogens (tertiary/aromatic N) is 4. The second kappa shape index (κ2) is 10.1. The van der Waals surface area contributed by atoms with Crippen LogP contribution in [0.5, 0.6) is 0 Å². The zero-order chi connectivity index (χ0) is 23.5. The molecule has 0 radical (unpaired) electrons. The number of benzene rings is 2. The summed E-state index contributed by atoms with van der Waals surface area (Å²) in [5.74, 6) is 0.318. The molecular formula is C28H40N5O+. The zero-order valence-corrected chi connectivity index (χ0v) is 20.9. The standard InChI is InChI=1S/C28H40N5O/c1-30(2)26-8-3-5-24(21-26)23-9-11-27(12-10-23)33(19-13-29-14-20-33)22-28(34)32-17-15-31(16-18-32)25-6-4-7-25/h3,5,8-12,21,25,29H,4,6-7,13-20,22H2,1-2H3/q+1. The van der Waals surface area contributed by atoms with Gasteiger partial charge in [0.2, 0.25) is 0 Å². The summed E-state index contributed by atoms with van der Waals surface area (Å²) >= 11 is 0. The molecule has 2 aliphatic heterocycles. The molecule has 1 amide bonds. The Bertz CT molecular complexity index is 971. The summed E-state index contributed by atoms with van der Waals surface area (Å²) in [6.45, 7) is 8.25. The number of nitrogens with one attached hydrogen (secondary N) is 1. The van der Waals surface area contributed by atoms with Crippen LogP contribution in [0.15, 0.2) is 48.5 Å². The second-order valence-electron chi connectivity index (χ2n) is 10.5. The van der Waals surface area contributed by atoms with E-state index in [0.717, 1.165) is 62.9 Å². The number of rotatable bonds is 6. The summed E-state index contributed by atoms with van der Waals surface area (Å²) in [5.41, 5.74) is 4.91. The average molecular weight is 463 g/mol. The summed E-state index contributed by atoms with van der Waals surface area (Å²) in [4.78, 5) is 20.3. The number of hydrogen-bond acceptors (Lipinski definition) is 4. The molecule has 0 unspecified atom stereocenters. The third-order valence-corrected chi connectivity index (χ3v) is 8.24. The van der Waals surface area contributed by atoms with E-state index in [0.29, 0.717) is 12.5 Å². The van der Waals surface area contributed by atoms with Gasteiger partial charge in [0.1, 0.15) is 5.69 Å². The molecule has 1 aliphatic carbocycles. The monoisotopic (exact) mass is 462 g/mol. The molecule has 0 aromatic heterocycles. The number of carbonyl (C=O) groups is 1. The molecule has 0 spiro atoms. The number of piperazine rings is 2. The molecule has 0 bridgehead atoms. The molecule has 2 heterocycles. The molecular weight excluding hydrogens is 422 g/mol. The Hall–Kier alpha value is -2.41. The molecule has 3 fully saturated rings. The van der Waals surface area contributed by atoms with Gasteiger partial charge in [0.25, 0.3) is 5.91 Å². The van der Waals surface area contributed by atoms with Crippen LogP contribution >= 0.6 is 0 Å². The fourth-order valence-electron chi connectivity index (χ4n) is 5.71. The predicted molar refractivity (Wildman–Crippen MR) is 141 cm³/mol. The molecule has 182 valence electrons. The van der Waals surface area contributed by atoms with Crippen LogP contribution in [-0.2, 0) is 4.79 Å². The van der Waals surface area contributed by atoms with Crippen LogP contribution in [0.2, 0.25) is 0 Å². The molecule has 2 aromatic rings. The fraction of sp³-hybridized carbons (Fsp3) is 0.536. The molecule has 3 aliphatic rings. The maximum absolute atomic E-state index is 13.5. The summed E-state index contributed by atoms with van der Waals surface area (Å²) in [6, 6.07) is 18.4. The summed E-state index contributed by atoms with van der Waals surface area (Å²) < 4.78 is 0.757. The average Bonchev–Trinajstić information content (AvgIpc) is 2.84. The van der Waals surface area contributed by atoms with E-state index in [9.17, 15) is 4.79 Å². The van der Waals surface area contributed by atoms with Crippen molar-refractivity contribution in [3.63, 3.8) is 0 Å². The van der Waals surface area contributed by atoms with Gasteiger partial charge in [-0.25, -0.2) is 0 Å². The number of anilines is 1. The van der Waals surface area contributed by atoms with Crippen LogP contribution in [0.3, 0.4) is 0 Å². The maximum atomic E-state index is 13.5. The second-order valence-corrected chi connectivity index (χ2v) is 10.5. The van der Waals surface area contributed by atoms with Crippen molar-refractivity contribution in [3.05, 3.63) is 48.5 Å². The molecule has 2 saturated heterocycles. The Morgan fingerprint density at radius 3 is 2.29 bits per heavy atom. The van der Waals surface area contributed by atoms with E-state index in [4.69, 9.17) is 0 Å². The first-order valence-corrected chi connectivity index (χ1v) is 13.0. The van der Waals surface area contributed by atoms with Gasteiger partial charge >= 0.3 is 0 Å². The van der Waals surface area contributed by atoms with E-state index in [1.807, 2.05) is 0 Å². The summed E-state index contributed by atoms with van der Waals surface area (Å²) in [7, 11) is 4.15. The largest absolute Gasteiger partial charge is 0.378 e. The quantitative estimate of drug-likeness (QED) is 0.670. The Morgan fingerprint density at radius 1 is 0.971 bits per heavy atom. The fourth-order valence-corrected chi connectivity index (χ4v) is 5.71. The molecule has 1 N–H and O–H groups in total. The zero-order valence-electron chi connectivity index (χ0n) is 20.9. The van der Waals surface area contributed by atoms with Crippen molar-refractivity contribution in [2.24, 2.45) is 0 Å². The van der Waals surface area contributed by atoms with Crippen molar-refractivity contribution in [1.29, 1.82) is 0 Å². The van der Waals surface area contributed by atoms with Crippen molar-refractivity contribution in [2.45, 2.75) is 25.3 Å². The minimum absolute atomic E-state index is 0.318.